The van der Waals surface area contributed by atoms with Gasteiger partial charge in [-0.05, 0) is 43.1 Å². The van der Waals surface area contributed by atoms with Crippen LogP contribution in [0.3, 0.4) is 0 Å². The lowest BCUT2D eigenvalue weighted by Gasteiger charge is -2.30. The molecule has 1 fully saturated rings. The molecule has 1 amide bonds. The van der Waals surface area contributed by atoms with E-state index in [-0.39, 0.29) is 5.91 Å². The Labute approximate surface area is 163 Å². The SMILES string of the molecule is C[C@@H]1CCCC[C@H]1NC(=S)NNC(=O)c1cc(Cl)c2c(c1)OCCCO2. The first-order valence-electron chi connectivity index (χ1n) is 9.00. The van der Waals surface area contributed by atoms with Gasteiger partial charge in [-0.15, -0.1) is 0 Å². The molecule has 1 saturated carbocycles. The predicted octanol–water partition coefficient (Wildman–Crippen LogP) is 3.19. The molecular weight excluding hydrogens is 374 g/mol. The lowest BCUT2D eigenvalue weighted by atomic mass is 9.86. The van der Waals surface area contributed by atoms with Crippen molar-refractivity contribution < 1.29 is 14.3 Å². The summed E-state index contributed by atoms with van der Waals surface area (Å²) in [6.45, 7) is 3.29. The smallest absolute Gasteiger partial charge is 0.269 e. The number of benzene rings is 1. The van der Waals surface area contributed by atoms with E-state index in [1.54, 1.807) is 12.1 Å². The number of fused-ring (bicyclic) bond motifs is 1. The van der Waals surface area contributed by atoms with Crippen molar-refractivity contribution in [3.63, 3.8) is 0 Å². The Kier molecular flexibility index (Phi) is 6.43. The summed E-state index contributed by atoms with van der Waals surface area (Å²) < 4.78 is 11.2. The number of nitrogens with one attached hydrogen (secondary N) is 3. The lowest BCUT2D eigenvalue weighted by Crippen LogP contribution is -2.51. The molecule has 1 aromatic carbocycles. The van der Waals surface area contributed by atoms with Crippen molar-refractivity contribution in [2.24, 2.45) is 5.92 Å². The second-order valence-electron chi connectivity index (χ2n) is 6.76. The second-order valence-corrected chi connectivity index (χ2v) is 7.57. The van der Waals surface area contributed by atoms with Crippen LogP contribution in [0.1, 0.15) is 49.4 Å². The Balaban J connectivity index is 1.57. The molecule has 0 radical (unpaired) electrons. The molecule has 1 aromatic rings. The molecule has 0 saturated heterocycles. The zero-order chi connectivity index (χ0) is 18.5. The van der Waals surface area contributed by atoms with E-state index in [9.17, 15) is 4.79 Å². The van der Waals surface area contributed by atoms with Crippen LogP contribution in [-0.2, 0) is 0 Å². The minimum atomic E-state index is -0.344. The van der Waals surface area contributed by atoms with E-state index in [4.69, 9.17) is 33.3 Å². The molecule has 2 aliphatic rings. The molecule has 8 heteroatoms. The molecule has 1 aliphatic heterocycles. The fourth-order valence-electron chi connectivity index (χ4n) is 3.28. The van der Waals surface area contributed by atoms with E-state index in [1.165, 1.54) is 19.3 Å². The van der Waals surface area contributed by atoms with Crippen LogP contribution in [0, 0.1) is 5.92 Å². The van der Waals surface area contributed by atoms with E-state index in [2.05, 4.69) is 23.1 Å². The number of carbonyl (C=O) groups excluding carboxylic acids is 1. The van der Waals surface area contributed by atoms with Crippen molar-refractivity contribution in [2.75, 3.05) is 13.2 Å². The van der Waals surface area contributed by atoms with Gasteiger partial charge in [0.05, 0.1) is 18.2 Å². The molecule has 0 spiro atoms. The highest BCUT2D eigenvalue weighted by Crippen LogP contribution is 2.37. The maximum absolute atomic E-state index is 12.4. The molecule has 3 rings (SSSR count). The van der Waals surface area contributed by atoms with Gasteiger partial charge < -0.3 is 14.8 Å². The predicted molar refractivity (Wildman–Crippen MR) is 105 cm³/mol. The largest absolute Gasteiger partial charge is 0.489 e. The third-order valence-corrected chi connectivity index (χ3v) is 5.28. The van der Waals surface area contributed by atoms with E-state index >= 15 is 0 Å². The minimum Gasteiger partial charge on any atom is -0.489 e. The van der Waals surface area contributed by atoms with Crippen LogP contribution in [0.2, 0.25) is 5.02 Å². The minimum absolute atomic E-state index is 0.341. The maximum Gasteiger partial charge on any atom is 0.269 e. The lowest BCUT2D eigenvalue weighted by molar-refractivity contribution is 0.0943. The van der Waals surface area contributed by atoms with Crippen LogP contribution in [0.15, 0.2) is 12.1 Å². The van der Waals surface area contributed by atoms with Gasteiger partial charge in [-0.1, -0.05) is 31.4 Å². The van der Waals surface area contributed by atoms with Crippen molar-refractivity contribution in [3.05, 3.63) is 22.7 Å². The number of carbonyl (C=O) groups is 1. The molecule has 0 aromatic heterocycles. The van der Waals surface area contributed by atoms with E-state index in [0.29, 0.717) is 52.4 Å². The third-order valence-electron chi connectivity index (χ3n) is 4.78. The van der Waals surface area contributed by atoms with Gasteiger partial charge in [0.25, 0.3) is 5.91 Å². The molecule has 142 valence electrons. The summed E-state index contributed by atoms with van der Waals surface area (Å²) in [6, 6.07) is 3.53. The molecule has 1 aliphatic carbocycles. The van der Waals surface area contributed by atoms with Crippen molar-refractivity contribution in [2.45, 2.75) is 45.1 Å². The molecule has 1 heterocycles. The normalized spacial score (nSPS) is 22.1. The van der Waals surface area contributed by atoms with Gasteiger partial charge in [-0.25, -0.2) is 0 Å². The first kappa shape index (κ1) is 19.0. The number of amides is 1. The van der Waals surface area contributed by atoms with E-state index in [0.717, 1.165) is 12.8 Å². The average Bonchev–Trinajstić information content (AvgIpc) is 2.87. The summed E-state index contributed by atoms with van der Waals surface area (Å²) >= 11 is 11.5. The van der Waals surface area contributed by atoms with Crippen molar-refractivity contribution in [3.8, 4) is 11.5 Å². The third kappa shape index (κ3) is 4.71. The number of hydrogen-bond donors (Lipinski definition) is 3. The number of halogens is 1. The van der Waals surface area contributed by atoms with Gasteiger partial charge in [-0.3, -0.25) is 15.6 Å². The van der Waals surface area contributed by atoms with Crippen LogP contribution in [0.5, 0.6) is 11.5 Å². The van der Waals surface area contributed by atoms with Gasteiger partial charge in [0, 0.05) is 18.0 Å². The average molecular weight is 398 g/mol. The zero-order valence-electron chi connectivity index (χ0n) is 14.8. The summed E-state index contributed by atoms with van der Waals surface area (Å²) in [4.78, 5) is 12.4. The van der Waals surface area contributed by atoms with Crippen molar-refractivity contribution in [1.82, 2.24) is 16.2 Å². The fourth-order valence-corrected chi connectivity index (χ4v) is 3.75. The molecule has 0 unspecified atom stereocenters. The van der Waals surface area contributed by atoms with Crippen LogP contribution < -0.4 is 25.6 Å². The van der Waals surface area contributed by atoms with Crippen molar-refractivity contribution in [1.29, 1.82) is 0 Å². The first-order chi connectivity index (χ1) is 12.5. The van der Waals surface area contributed by atoms with E-state index < -0.39 is 0 Å². The summed E-state index contributed by atoms with van der Waals surface area (Å²) in [6.07, 6.45) is 5.53. The number of rotatable bonds is 2. The Bertz CT molecular complexity index is 686. The maximum atomic E-state index is 12.4. The van der Waals surface area contributed by atoms with Crippen LogP contribution >= 0.6 is 23.8 Å². The quantitative estimate of drug-likeness (QED) is 0.526. The first-order valence-corrected chi connectivity index (χ1v) is 9.79. The Hall–Kier alpha value is -1.73. The molecule has 2 atom stereocenters. The van der Waals surface area contributed by atoms with Gasteiger partial charge in [0.2, 0.25) is 0 Å². The number of thiocarbonyl (C=S) groups is 1. The van der Waals surface area contributed by atoms with Gasteiger partial charge in [0.1, 0.15) is 0 Å². The Morgan fingerprint density at radius 3 is 2.73 bits per heavy atom. The summed E-state index contributed by atoms with van der Waals surface area (Å²) in [5.41, 5.74) is 5.75. The van der Waals surface area contributed by atoms with E-state index in [1.807, 2.05) is 0 Å². The molecule has 0 bridgehead atoms. The Morgan fingerprint density at radius 2 is 1.92 bits per heavy atom. The molecular formula is C18H24ClN3O3S. The van der Waals surface area contributed by atoms with Gasteiger partial charge in [-0.2, -0.15) is 0 Å². The molecule has 26 heavy (non-hydrogen) atoms. The highest BCUT2D eigenvalue weighted by Gasteiger charge is 2.22. The summed E-state index contributed by atoms with van der Waals surface area (Å²) in [5, 5.41) is 4.05. The molecule has 6 nitrogen and oxygen atoms in total. The van der Waals surface area contributed by atoms with Gasteiger partial charge in [0.15, 0.2) is 16.6 Å². The highest BCUT2D eigenvalue weighted by atomic mass is 35.5. The summed E-state index contributed by atoms with van der Waals surface area (Å²) in [7, 11) is 0. The Morgan fingerprint density at radius 1 is 1.15 bits per heavy atom. The van der Waals surface area contributed by atoms with Crippen LogP contribution in [0.25, 0.3) is 0 Å². The topological polar surface area (TPSA) is 71.6 Å². The monoisotopic (exact) mass is 397 g/mol. The fraction of sp³-hybridized carbons (Fsp3) is 0.556. The summed E-state index contributed by atoms with van der Waals surface area (Å²) in [5.74, 6) is 1.19. The van der Waals surface area contributed by atoms with Crippen molar-refractivity contribution >= 4 is 34.8 Å². The van der Waals surface area contributed by atoms with Gasteiger partial charge >= 0.3 is 0 Å². The van der Waals surface area contributed by atoms with Crippen LogP contribution in [-0.4, -0.2) is 30.3 Å². The zero-order valence-corrected chi connectivity index (χ0v) is 16.3. The standard InChI is InChI=1S/C18H24ClN3O3S/c1-11-5-2-3-6-14(11)20-18(26)22-21-17(23)12-9-13(19)16-15(10-12)24-7-4-8-25-16/h9-11,14H,2-8H2,1H3,(H,21,23)(H2,20,22,26)/t11-,14-/m1/s1. The number of ether oxygens (including phenoxy) is 2. The number of hydrazine groups is 1. The van der Waals surface area contributed by atoms with Crippen LogP contribution in [0.4, 0.5) is 0 Å². The molecule has 3 N–H and O–H groups in total. The number of hydrogen-bond acceptors (Lipinski definition) is 4. The highest BCUT2D eigenvalue weighted by molar-refractivity contribution is 7.80. The second kappa shape index (κ2) is 8.77.